The van der Waals surface area contributed by atoms with Crippen LogP contribution in [0.2, 0.25) is 19.6 Å². The minimum Gasteiger partial charge on any atom is -0.479 e. The topological polar surface area (TPSA) is 46.5 Å². The Hall–Kier alpha value is -1.13. The molecule has 1 atom stereocenters. The van der Waals surface area contributed by atoms with Crippen molar-refractivity contribution >= 4 is 14.3 Å². The van der Waals surface area contributed by atoms with Gasteiger partial charge in [-0.25, -0.2) is 4.79 Å². The Kier molecular flexibility index (Phi) is 3.65. The molecule has 0 radical (unpaired) electrons. The van der Waals surface area contributed by atoms with E-state index >= 15 is 0 Å². The number of rotatable bonds is 4. The molecule has 0 saturated heterocycles. The first-order valence-electron chi connectivity index (χ1n) is 4.86. The van der Waals surface area contributed by atoms with Crippen molar-refractivity contribution in [2.45, 2.75) is 25.7 Å². The predicted molar refractivity (Wildman–Crippen MR) is 61.2 cm³/mol. The zero-order valence-corrected chi connectivity index (χ0v) is 10.2. The summed E-state index contributed by atoms with van der Waals surface area (Å²) in [6.07, 6.45) is -0.835. The number of carboxylic acid groups (broad SMARTS) is 1. The molecule has 3 nitrogen and oxygen atoms in total. The van der Waals surface area contributed by atoms with Gasteiger partial charge < -0.3 is 9.53 Å². The van der Waals surface area contributed by atoms with Crippen LogP contribution in [0, 0.1) is 0 Å². The minimum atomic E-state index is -1.85. The van der Waals surface area contributed by atoms with Crippen LogP contribution in [0.1, 0.15) is 11.7 Å². The number of hydrogen-bond acceptors (Lipinski definition) is 2. The molecule has 4 heteroatoms. The zero-order chi connectivity index (χ0) is 11.5. The van der Waals surface area contributed by atoms with Crippen molar-refractivity contribution < 1.29 is 14.3 Å². The molecule has 82 valence electrons. The highest BCUT2D eigenvalue weighted by molar-refractivity contribution is 6.69. The Morgan fingerprint density at radius 1 is 1.27 bits per heavy atom. The third-order valence-electron chi connectivity index (χ3n) is 1.80. The van der Waals surface area contributed by atoms with Crippen LogP contribution in [0.3, 0.4) is 0 Å². The molecular formula is C11H16O3Si. The highest BCUT2D eigenvalue weighted by atomic mass is 28.4. The molecule has 0 aliphatic carbocycles. The lowest BCUT2D eigenvalue weighted by molar-refractivity contribution is -0.145. The van der Waals surface area contributed by atoms with Gasteiger partial charge >= 0.3 is 5.97 Å². The highest BCUT2D eigenvalue weighted by Crippen LogP contribution is 2.22. The Balaban J connectivity index is 2.90. The van der Waals surface area contributed by atoms with Gasteiger partial charge in [0.25, 0.3) is 0 Å². The molecule has 0 aliphatic heterocycles. The van der Waals surface area contributed by atoms with Crippen molar-refractivity contribution in [1.29, 1.82) is 0 Å². The smallest absolute Gasteiger partial charge is 0.336 e. The Bertz CT molecular complexity index is 329. The summed E-state index contributed by atoms with van der Waals surface area (Å²) in [4.78, 5) is 11.1. The van der Waals surface area contributed by atoms with E-state index in [0.717, 1.165) is 0 Å². The molecule has 0 bridgehead atoms. The van der Waals surface area contributed by atoms with Gasteiger partial charge in [0, 0.05) is 0 Å². The van der Waals surface area contributed by atoms with E-state index in [-0.39, 0.29) is 0 Å². The third kappa shape index (κ3) is 3.85. The first-order valence-corrected chi connectivity index (χ1v) is 8.26. The van der Waals surface area contributed by atoms with Gasteiger partial charge in [-0.3, -0.25) is 0 Å². The molecular weight excluding hydrogens is 208 g/mol. The summed E-state index contributed by atoms with van der Waals surface area (Å²) in [6, 6.07) is 9.05. The van der Waals surface area contributed by atoms with Gasteiger partial charge in [0.15, 0.2) is 14.4 Å². The molecule has 0 heterocycles. The first-order chi connectivity index (χ1) is 6.90. The van der Waals surface area contributed by atoms with Crippen LogP contribution in [0.25, 0.3) is 0 Å². The predicted octanol–water partition coefficient (Wildman–Crippen LogP) is 2.66. The second kappa shape index (κ2) is 4.59. The molecule has 0 saturated carbocycles. The lowest BCUT2D eigenvalue weighted by Crippen LogP contribution is -2.31. The van der Waals surface area contributed by atoms with Crippen molar-refractivity contribution in [3.05, 3.63) is 35.9 Å². The molecule has 0 fully saturated rings. The fourth-order valence-corrected chi connectivity index (χ4v) is 2.19. The number of carboxylic acids is 1. The average Bonchev–Trinajstić information content (AvgIpc) is 2.14. The maximum absolute atomic E-state index is 11.1. The van der Waals surface area contributed by atoms with Crippen molar-refractivity contribution in [2.75, 3.05) is 0 Å². The second-order valence-electron chi connectivity index (χ2n) is 4.36. The molecule has 0 aromatic heterocycles. The second-order valence-corrected chi connectivity index (χ2v) is 8.82. The number of aliphatic carboxylic acids is 1. The maximum atomic E-state index is 11.1. The molecule has 1 rings (SSSR count). The van der Waals surface area contributed by atoms with Crippen molar-refractivity contribution in [1.82, 2.24) is 0 Å². The first kappa shape index (κ1) is 11.9. The summed E-state index contributed by atoms with van der Waals surface area (Å²) in [5.41, 5.74) is 0.701. The highest BCUT2D eigenvalue weighted by Gasteiger charge is 2.27. The Morgan fingerprint density at radius 3 is 2.20 bits per heavy atom. The average molecular weight is 224 g/mol. The molecule has 0 unspecified atom stereocenters. The van der Waals surface area contributed by atoms with Crippen LogP contribution < -0.4 is 0 Å². The van der Waals surface area contributed by atoms with Crippen LogP contribution in [-0.2, 0) is 9.22 Å². The summed E-state index contributed by atoms with van der Waals surface area (Å²) in [6.45, 7) is 5.93. The van der Waals surface area contributed by atoms with E-state index in [1.165, 1.54) is 0 Å². The SMILES string of the molecule is C[Si](C)(C)O[C@H](C(=O)O)c1ccccc1. The lowest BCUT2D eigenvalue weighted by Gasteiger charge is -2.23. The molecule has 0 spiro atoms. The van der Waals surface area contributed by atoms with Gasteiger partial charge in [0.05, 0.1) is 0 Å². The van der Waals surface area contributed by atoms with Gasteiger partial charge in [-0.2, -0.15) is 0 Å². The molecule has 0 amide bonds. The van der Waals surface area contributed by atoms with Crippen LogP contribution >= 0.6 is 0 Å². The van der Waals surface area contributed by atoms with E-state index in [1.807, 2.05) is 37.8 Å². The number of carbonyl (C=O) groups is 1. The summed E-state index contributed by atoms with van der Waals surface area (Å²) in [5.74, 6) is -0.927. The van der Waals surface area contributed by atoms with Crippen molar-refractivity contribution in [3.8, 4) is 0 Å². The molecule has 1 aromatic carbocycles. The Morgan fingerprint density at radius 2 is 1.80 bits per heavy atom. The van der Waals surface area contributed by atoms with Crippen LogP contribution in [0.5, 0.6) is 0 Å². The number of benzene rings is 1. The zero-order valence-electron chi connectivity index (χ0n) is 9.23. The fourth-order valence-electron chi connectivity index (χ4n) is 1.24. The molecule has 0 aliphatic rings. The summed E-state index contributed by atoms with van der Waals surface area (Å²) in [5, 5.41) is 9.09. The van der Waals surface area contributed by atoms with E-state index < -0.39 is 20.4 Å². The van der Waals surface area contributed by atoms with E-state index in [2.05, 4.69) is 0 Å². The standard InChI is InChI=1S/C11H16O3Si/c1-15(2,3)14-10(11(12)13)9-7-5-4-6-8-9/h4-8,10H,1-3H3,(H,12,13)/t10-/m0/s1. The van der Waals surface area contributed by atoms with E-state index in [9.17, 15) is 4.79 Å². The maximum Gasteiger partial charge on any atom is 0.336 e. The molecule has 1 N–H and O–H groups in total. The van der Waals surface area contributed by atoms with E-state index in [0.29, 0.717) is 5.56 Å². The van der Waals surface area contributed by atoms with E-state index in [4.69, 9.17) is 9.53 Å². The van der Waals surface area contributed by atoms with Crippen LogP contribution in [0.4, 0.5) is 0 Å². The molecule has 15 heavy (non-hydrogen) atoms. The summed E-state index contributed by atoms with van der Waals surface area (Å²) in [7, 11) is -1.85. The minimum absolute atomic E-state index is 0.701. The van der Waals surface area contributed by atoms with Gasteiger partial charge in [0.1, 0.15) is 0 Å². The summed E-state index contributed by atoms with van der Waals surface area (Å²) >= 11 is 0. The van der Waals surface area contributed by atoms with Crippen LogP contribution in [-0.4, -0.2) is 19.4 Å². The molecule has 1 aromatic rings. The van der Waals surface area contributed by atoms with Gasteiger partial charge in [-0.15, -0.1) is 0 Å². The lowest BCUT2D eigenvalue weighted by atomic mass is 10.1. The largest absolute Gasteiger partial charge is 0.479 e. The summed E-state index contributed by atoms with van der Waals surface area (Å²) < 4.78 is 5.62. The number of hydrogen-bond donors (Lipinski definition) is 1. The van der Waals surface area contributed by atoms with Gasteiger partial charge in [-0.05, 0) is 25.2 Å². The monoisotopic (exact) mass is 224 g/mol. The Labute approximate surface area is 90.8 Å². The normalized spacial score (nSPS) is 13.5. The van der Waals surface area contributed by atoms with Gasteiger partial charge in [-0.1, -0.05) is 30.3 Å². The van der Waals surface area contributed by atoms with Crippen molar-refractivity contribution in [3.63, 3.8) is 0 Å². The van der Waals surface area contributed by atoms with Gasteiger partial charge in [0.2, 0.25) is 0 Å². The quantitative estimate of drug-likeness (QED) is 0.800. The van der Waals surface area contributed by atoms with Crippen molar-refractivity contribution in [2.24, 2.45) is 0 Å². The van der Waals surface area contributed by atoms with E-state index in [1.54, 1.807) is 12.1 Å². The van der Waals surface area contributed by atoms with Crippen LogP contribution in [0.15, 0.2) is 30.3 Å². The third-order valence-corrected chi connectivity index (χ3v) is 2.74. The fraction of sp³-hybridized carbons (Fsp3) is 0.364.